The molecule has 4 aromatic rings. The second kappa shape index (κ2) is 11.0. The molecule has 0 atom stereocenters. The fourth-order valence-electron chi connectivity index (χ4n) is 4.62. The number of nitrogens with zero attached hydrogens (tertiary/aromatic N) is 5. The van der Waals surface area contributed by atoms with Crippen LogP contribution in [0.4, 0.5) is 23.4 Å². The summed E-state index contributed by atoms with van der Waals surface area (Å²) in [6, 6.07) is 8.51. The highest BCUT2D eigenvalue weighted by Gasteiger charge is 2.36. The summed E-state index contributed by atoms with van der Waals surface area (Å²) in [7, 11) is -1.72. The number of benzene rings is 1. The largest absolute Gasteiger partial charge is 0.495 e. The second-order valence-electron chi connectivity index (χ2n) is 9.06. The van der Waals surface area contributed by atoms with E-state index in [1.807, 2.05) is 0 Å². The number of alkyl halides is 3. The third-order valence-corrected chi connectivity index (χ3v) is 8.01. The Bertz CT molecular complexity index is 1820. The van der Waals surface area contributed by atoms with Crippen LogP contribution in [-0.2, 0) is 29.4 Å². The summed E-state index contributed by atoms with van der Waals surface area (Å²) in [6.45, 7) is -0.126. The minimum atomic E-state index is -4.81. The summed E-state index contributed by atoms with van der Waals surface area (Å²) in [4.78, 5) is 16.7. The molecule has 0 bridgehead atoms. The second-order valence-corrected chi connectivity index (χ2v) is 10.7. The third-order valence-electron chi connectivity index (χ3n) is 6.55. The van der Waals surface area contributed by atoms with Gasteiger partial charge in [-0.15, -0.1) is 5.10 Å². The van der Waals surface area contributed by atoms with Crippen molar-refractivity contribution < 1.29 is 35.5 Å². The number of halogens is 4. The molecule has 1 aliphatic heterocycles. The highest BCUT2D eigenvalue weighted by Crippen LogP contribution is 2.39. The number of hydrogen-bond donors (Lipinski definition) is 1. The van der Waals surface area contributed by atoms with E-state index in [2.05, 4.69) is 19.9 Å². The van der Waals surface area contributed by atoms with E-state index in [0.29, 0.717) is 17.3 Å². The van der Waals surface area contributed by atoms with Crippen molar-refractivity contribution in [2.24, 2.45) is 0 Å². The molecule has 16 heteroatoms. The van der Waals surface area contributed by atoms with Crippen LogP contribution in [0.25, 0.3) is 16.8 Å². The van der Waals surface area contributed by atoms with Gasteiger partial charge in [0.2, 0.25) is 5.88 Å². The number of rotatable bonds is 7. The molecule has 0 spiro atoms. The number of ether oxygens (including phenoxy) is 2. The summed E-state index contributed by atoms with van der Waals surface area (Å²) in [5, 5.41) is 7.36. The van der Waals surface area contributed by atoms with Crippen LogP contribution in [0.1, 0.15) is 16.8 Å². The zero-order chi connectivity index (χ0) is 30.2. The molecule has 4 heterocycles. The third kappa shape index (κ3) is 5.49. The van der Waals surface area contributed by atoms with Crippen molar-refractivity contribution in [3.63, 3.8) is 0 Å². The molecule has 0 fully saturated rings. The molecule has 1 N–H and O–H groups in total. The van der Waals surface area contributed by atoms with Gasteiger partial charge in [0.25, 0.3) is 5.56 Å². The maximum atomic E-state index is 15.5. The van der Waals surface area contributed by atoms with E-state index in [0.717, 1.165) is 23.7 Å². The average Bonchev–Trinajstić information content (AvgIpc) is 2.96. The van der Waals surface area contributed by atoms with Crippen molar-refractivity contribution in [1.29, 1.82) is 0 Å². The maximum absolute atomic E-state index is 15.5. The Morgan fingerprint density at radius 1 is 1.07 bits per heavy atom. The van der Waals surface area contributed by atoms with Crippen LogP contribution < -0.4 is 19.8 Å². The SMILES string of the molecule is COc1cc(-c2cnc(OC)c(C(F)(F)F)c2)c(F)cc1-n1c2c(ccc1=O)CN(S(=O)(=O)Nc1cccnn1)CC2. The Labute approximate surface area is 236 Å². The van der Waals surface area contributed by atoms with Gasteiger partial charge < -0.3 is 9.47 Å². The minimum absolute atomic E-state index is 0.00731. The number of hydrogen-bond acceptors (Lipinski definition) is 8. The molecule has 0 aliphatic carbocycles. The topological polar surface area (TPSA) is 129 Å². The molecule has 11 nitrogen and oxygen atoms in total. The molecular formula is C26H22F4N6O5S. The molecule has 1 aromatic carbocycles. The molecule has 42 heavy (non-hydrogen) atoms. The Morgan fingerprint density at radius 2 is 1.86 bits per heavy atom. The number of nitrogens with one attached hydrogen (secondary N) is 1. The Morgan fingerprint density at radius 3 is 2.52 bits per heavy atom. The van der Waals surface area contributed by atoms with Crippen molar-refractivity contribution >= 4 is 16.0 Å². The van der Waals surface area contributed by atoms with Gasteiger partial charge in [-0.2, -0.15) is 31.0 Å². The van der Waals surface area contributed by atoms with Crippen molar-refractivity contribution in [3.05, 3.63) is 87.9 Å². The lowest BCUT2D eigenvalue weighted by Gasteiger charge is -2.30. The van der Waals surface area contributed by atoms with Crippen LogP contribution in [0, 0.1) is 5.82 Å². The lowest BCUT2D eigenvalue weighted by molar-refractivity contribution is -0.139. The van der Waals surface area contributed by atoms with Crippen LogP contribution >= 0.6 is 0 Å². The fraction of sp³-hybridized carbons (Fsp3) is 0.231. The van der Waals surface area contributed by atoms with Gasteiger partial charge in [0.05, 0.1) is 19.9 Å². The lowest BCUT2D eigenvalue weighted by Crippen LogP contribution is -2.41. The first kappa shape index (κ1) is 28.9. The number of aromatic nitrogens is 4. The van der Waals surface area contributed by atoms with Gasteiger partial charge in [-0.25, -0.2) is 9.37 Å². The standard InChI is InChI=1S/C26H22F4N6O5S/c1-40-22-11-17(16-10-18(26(28,29)30)25(41-2)31-13-16)19(27)12-21(22)36-20-7-9-35(14-15(20)5-6-24(36)37)42(38,39)34-23-4-3-8-32-33-23/h3-6,8,10-13H,7,9,14H2,1-2H3,(H,33,34). The van der Waals surface area contributed by atoms with E-state index >= 15 is 4.39 Å². The van der Waals surface area contributed by atoms with Crippen LogP contribution in [0.5, 0.6) is 11.6 Å². The quantitative estimate of drug-likeness (QED) is 0.316. The predicted octanol–water partition coefficient (Wildman–Crippen LogP) is 3.58. The van der Waals surface area contributed by atoms with E-state index in [1.165, 1.54) is 48.2 Å². The normalized spacial score (nSPS) is 13.9. The number of anilines is 1. The number of pyridine rings is 2. The maximum Gasteiger partial charge on any atom is 0.421 e. The molecule has 0 radical (unpaired) electrons. The Hall–Kier alpha value is -4.57. The van der Waals surface area contributed by atoms with Gasteiger partial charge in [-0.1, -0.05) is 6.07 Å². The van der Waals surface area contributed by atoms with E-state index in [-0.39, 0.29) is 47.9 Å². The van der Waals surface area contributed by atoms with E-state index in [9.17, 15) is 26.4 Å². The van der Waals surface area contributed by atoms with Gasteiger partial charge in [-0.05, 0) is 29.8 Å². The zero-order valence-electron chi connectivity index (χ0n) is 22.0. The van der Waals surface area contributed by atoms with Crippen LogP contribution in [0.15, 0.2) is 59.7 Å². The highest BCUT2D eigenvalue weighted by molar-refractivity contribution is 7.90. The van der Waals surface area contributed by atoms with Gasteiger partial charge in [0, 0.05) is 60.9 Å². The first-order valence-corrected chi connectivity index (χ1v) is 13.7. The Balaban J connectivity index is 1.54. The molecule has 0 unspecified atom stereocenters. The number of fused-ring (bicyclic) bond motifs is 1. The van der Waals surface area contributed by atoms with Crippen molar-refractivity contribution in [2.75, 3.05) is 25.5 Å². The van der Waals surface area contributed by atoms with Gasteiger partial charge >= 0.3 is 16.4 Å². The van der Waals surface area contributed by atoms with Gasteiger partial charge in [0.1, 0.15) is 17.1 Å². The molecule has 1 aliphatic rings. The van der Waals surface area contributed by atoms with E-state index in [1.54, 1.807) is 0 Å². The molecule has 0 amide bonds. The lowest BCUT2D eigenvalue weighted by atomic mass is 10.0. The number of methoxy groups -OCH3 is 2. The van der Waals surface area contributed by atoms with Crippen molar-refractivity contribution in [2.45, 2.75) is 19.1 Å². The zero-order valence-corrected chi connectivity index (χ0v) is 22.8. The summed E-state index contributed by atoms with van der Waals surface area (Å²) >= 11 is 0. The molecule has 0 saturated heterocycles. The minimum Gasteiger partial charge on any atom is -0.495 e. The van der Waals surface area contributed by atoms with Crippen molar-refractivity contribution in [1.82, 2.24) is 24.1 Å². The molecule has 5 rings (SSSR count). The smallest absolute Gasteiger partial charge is 0.421 e. The predicted molar refractivity (Wildman–Crippen MR) is 142 cm³/mol. The van der Waals surface area contributed by atoms with E-state index in [4.69, 9.17) is 9.47 Å². The molecule has 3 aromatic heterocycles. The van der Waals surface area contributed by atoms with Crippen LogP contribution in [-0.4, -0.2) is 53.2 Å². The summed E-state index contributed by atoms with van der Waals surface area (Å²) in [6.07, 6.45) is -2.30. The van der Waals surface area contributed by atoms with Crippen molar-refractivity contribution in [3.8, 4) is 28.4 Å². The fourth-order valence-corrected chi connectivity index (χ4v) is 5.77. The molecule has 0 saturated carbocycles. The first-order chi connectivity index (χ1) is 19.9. The monoisotopic (exact) mass is 606 g/mol. The van der Waals surface area contributed by atoms with Gasteiger partial charge in [0.15, 0.2) is 5.82 Å². The highest BCUT2D eigenvalue weighted by atomic mass is 32.2. The van der Waals surface area contributed by atoms with E-state index < -0.39 is 39.2 Å². The van der Waals surface area contributed by atoms with Gasteiger partial charge in [-0.3, -0.25) is 14.1 Å². The van der Waals surface area contributed by atoms with Crippen LogP contribution in [0.3, 0.4) is 0 Å². The summed E-state index contributed by atoms with van der Waals surface area (Å²) < 4.78 is 96.9. The summed E-state index contributed by atoms with van der Waals surface area (Å²) in [5.74, 6) is -1.59. The molecule has 220 valence electrons. The average molecular weight is 607 g/mol. The Kier molecular flexibility index (Phi) is 7.59. The molecular weight excluding hydrogens is 584 g/mol. The first-order valence-electron chi connectivity index (χ1n) is 12.2. The summed E-state index contributed by atoms with van der Waals surface area (Å²) in [5.41, 5.74) is -1.28. The van der Waals surface area contributed by atoms with Crippen LogP contribution in [0.2, 0.25) is 0 Å².